The van der Waals surface area contributed by atoms with Gasteiger partial charge in [-0.15, -0.1) is 0 Å². The van der Waals surface area contributed by atoms with Crippen molar-refractivity contribution in [3.05, 3.63) is 58.6 Å². The molecule has 0 spiro atoms. The molecule has 0 saturated carbocycles. The maximum Gasteiger partial charge on any atom is 0.273 e. The lowest BCUT2D eigenvalue weighted by Crippen LogP contribution is -2.42. The van der Waals surface area contributed by atoms with Gasteiger partial charge < -0.3 is 9.47 Å². The minimum Gasteiger partial charge on any atom is -0.497 e. The van der Waals surface area contributed by atoms with Gasteiger partial charge in [0.05, 0.1) is 26.2 Å². The number of nitrogens with one attached hydrogen (secondary N) is 2. The third-order valence-corrected chi connectivity index (χ3v) is 3.46. The van der Waals surface area contributed by atoms with Crippen molar-refractivity contribution >= 4 is 23.4 Å². The van der Waals surface area contributed by atoms with Crippen LogP contribution in [0.15, 0.2) is 42.5 Å². The van der Waals surface area contributed by atoms with Crippen LogP contribution in [-0.4, -0.2) is 26.0 Å². The topological polar surface area (TPSA) is 76.7 Å². The van der Waals surface area contributed by atoms with E-state index in [2.05, 4.69) is 10.9 Å². The Morgan fingerprint density at radius 3 is 2.54 bits per heavy atom. The fourth-order valence-electron chi connectivity index (χ4n) is 2.06. The number of halogens is 1. The van der Waals surface area contributed by atoms with E-state index < -0.39 is 5.91 Å². The first kappa shape index (κ1) is 17.6. The monoisotopic (exact) mass is 348 g/mol. The second kappa shape index (κ2) is 8.21. The lowest BCUT2D eigenvalue weighted by atomic mass is 10.1. The van der Waals surface area contributed by atoms with Crippen LogP contribution in [0.4, 0.5) is 0 Å². The molecule has 0 aliphatic heterocycles. The normalized spacial score (nSPS) is 9.96. The van der Waals surface area contributed by atoms with Crippen LogP contribution in [0.2, 0.25) is 5.02 Å². The van der Waals surface area contributed by atoms with E-state index in [4.69, 9.17) is 21.1 Å². The van der Waals surface area contributed by atoms with Crippen LogP contribution < -0.4 is 20.3 Å². The predicted octanol–water partition coefficient (Wildman–Crippen LogP) is 2.36. The zero-order valence-corrected chi connectivity index (χ0v) is 14.0. The van der Waals surface area contributed by atoms with E-state index >= 15 is 0 Å². The first-order valence-electron chi connectivity index (χ1n) is 7.09. The van der Waals surface area contributed by atoms with Crippen LogP contribution in [0, 0.1) is 0 Å². The van der Waals surface area contributed by atoms with Gasteiger partial charge >= 0.3 is 0 Å². The molecule has 0 unspecified atom stereocenters. The molecule has 2 aromatic carbocycles. The van der Waals surface area contributed by atoms with Crippen molar-refractivity contribution in [2.24, 2.45) is 0 Å². The van der Waals surface area contributed by atoms with Crippen molar-refractivity contribution in [3.63, 3.8) is 0 Å². The average molecular weight is 349 g/mol. The molecule has 0 aromatic heterocycles. The first-order valence-corrected chi connectivity index (χ1v) is 7.47. The van der Waals surface area contributed by atoms with Crippen molar-refractivity contribution in [2.45, 2.75) is 6.42 Å². The van der Waals surface area contributed by atoms with E-state index in [1.807, 2.05) is 0 Å². The van der Waals surface area contributed by atoms with Crippen molar-refractivity contribution < 1.29 is 19.1 Å². The first-order chi connectivity index (χ1) is 11.5. The number of benzene rings is 2. The van der Waals surface area contributed by atoms with Gasteiger partial charge in [0.2, 0.25) is 5.91 Å². The molecule has 126 valence electrons. The van der Waals surface area contributed by atoms with Gasteiger partial charge in [0.25, 0.3) is 5.91 Å². The Morgan fingerprint density at radius 2 is 1.83 bits per heavy atom. The van der Waals surface area contributed by atoms with Crippen molar-refractivity contribution in [1.29, 1.82) is 0 Å². The van der Waals surface area contributed by atoms with Crippen molar-refractivity contribution in [2.75, 3.05) is 14.2 Å². The van der Waals surface area contributed by atoms with Gasteiger partial charge in [-0.2, -0.15) is 0 Å². The van der Waals surface area contributed by atoms with Gasteiger partial charge in [-0.3, -0.25) is 20.4 Å². The number of ether oxygens (including phenoxy) is 2. The highest BCUT2D eigenvalue weighted by molar-refractivity contribution is 6.31. The molecule has 0 saturated heterocycles. The molecule has 0 fully saturated rings. The molecule has 0 atom stereocenters. The number of carbonyl (C=O) groups excluding carboxylic acids is 2. The lowest BCUT2D eigenvalue weighted by Gasteiger charge is -2.11. The van der Waals surface area contributed by atoms with Gasteiger partial charge in [-0.1, -0.05) is 23.7 Å². The second-order valence-corrected chi connectivity index (χ2v) is 5.31. The van der Waals surface area contributed by atoms with Crippen molar-refractivity contribution in [1.82, 2.24) is 10.9 Å². The number of hydrogen-bond acceptors (Lipinski definition) is 4. The van der Waals surface area contributed by atoms with E-state index in [9.17, 15) is 9.59 Å². The largest absolute Gasteiger partial charge is 0.497 e. The summed E-state index contributed by atoms with van der Waals surface area (Å²) in [5, 5.41) is 0.392. The molecule has 24 heavy (non-hydrogen) atoms. The summed E-state index contributed by atoms with van der Waals surface area (Å²) in [6.45, 7) is 0. The van der Waals surface area contributed by atoms with Crippen LogP contribution in [0.1, 0.15) is 15.9 Å². The van der Waals surface area contributed by atoms with Crippen LogP contribution in [0.5, 0.6) is 11.5 Å². The number of hydrogen-bond donors (Lipinski definition) is 2. The molecule has 2 aromatic rings. The highest BCUT2D eigenvalue weighted by Crippen LogP contribution is 2.22. The number of carbonyl (C=O) groups is 2. The Hall–Kier alpha value is -2.73. The number of methoxy groups -OCH3 is 2. The van der Waals surface area contributed by atoms with Crippen LogP contribution in [-0.2, 0) is 11.2 Å². The fraction of sp³-hybridized carbons (Fsp3) is 0.176. The highest BCUT2D eigenvalue weighted by Gasteiger charge is 2.14. The Balaban J connectivity index is 1.96. The van der Waals surface area contributed by atoms with Crippen LogP contribution in [0.25, 0.3) is 0 Å². The van der Waals surface area contributed by atoms with Gasteiger partial charge in [0, 0.05) is 5.02 Å². The standard InChI is InChI=1S/C17H17ClN2O4/c1-23-13-5-3-4-11(8-13)9-16(21)19-20-17(22)14-10-12(18)6-7-15(14)24-2/h3-8,10H,9H2,1-2H3,(H,19,21)(H,20,22). The molecule has 2 N–H and O–H groups in total. The summed E-state index contributed by atoms with van der Waals surface area (Å²) >= 11 is 5.88. The minimum absolute atomic E-state index is 0.101. The smallest absolute Gasteiger partial charge is 0.273 e. The third kappa shape index (κ3) is 4.63. The molecule has 0 heterocycles. The van der Waals surface area contributed by atoms with Crippen LogP contribution in [0.3, 0.4) is 0 Å². The zero-order chi connectivity index (χ0) is 17.5. The zero-order valence-electron chi connectivity index (χ0n) is 13.3. The quantitative estimate of drug-likeness (QED) is 0.813. The molecule has 0 aliphatic rings. The van der Waals surface area contributed by atoms with Gasteiger partial charge in [-0.25, -0.2) is 0 Å². The molecule has 2 rings (SSSR count). The summed E-state index contributed by atoms with van der Waals surface area (Å²) in [4.78, 5) is 24.1. The highest BCUT2D eigenvalue weighted by atomic mass is 35.5. The number of amides is 2. The predicted molar refractivity (Wildman–Crippen MR) is 90.3 cm³/mol. The Labute approximate surface area is 144 Å². The summed E-state index contributed by atoms with van der Waals surface area (Å²) < 4.78 is 10.2. The number of rotatable bonds is 5. The molecule has 0 bridgehead atoms. The maximum absolute atomic E-state index is 12.1. The Bertz CT molecular complexity index is 749. The van der Waals surface area contributed by atoms with E-state index in [1.165, 1.54) is 13.2 Å². The van der Waals surface area contributed by atoms with Gasteiger partial charge in [0.15, 0.2) is 0 Å². The third-order valence-electron chi connectivity index (χ3n) is 3.22. The van der Waals surface area contributed by atoms with E-state index in [0.29, 0.717) is 16.5 Å². The lowest BCUT2D eigenvalue weighted by molar-refractivity contribution is -0.121. The fourth-order valence-corrected chi connectivity index (χ4v) is 2.24. The maximum atomic E-state index is 12.1. The summed E-state index contributed by atoms with van der Waals surface area (Å²) in [5.74, 6) is 0.137. The van der Waals surface area contributed by atoms with E-state index in [0.717, 1.165) is 5.56 Å². The summed E-state index contributed by atoms with van der Waals surface area (Å²) in [6, 6.07) is 11.8. The van der Waals surface area contributed by atoms with E-state index in [-0.39, 0.29) is 17.9 Å². The molecule has 0 aliphatic carbocycles. The van der Waals surface area contributed by atoms with Crippen molar-refractivity contribution in [3.8, 4) is 11.5 Å². The van der Waals surface area contributed by atoms with Gasteiger partial charge in [0.1, 0.15) is 11.5 Å². The Morgan fingerprint density at radius 1 is 1.04 bits per heavy atom. The molecule has 2 amide bonds. The van der Waals surface area contributed by atoms with E-state index in [1.54, 1.807) is 43.5 Å². The van der Waals surface area contributed by atoms with Gasteiger partial charge in [-0.05, 0) is 35.9 Å². The summed E-state index contributed by atoms with van der Waals surface area (Å²) in [5.41, 5.74) is 5.69. The molecular formula is C17H17ClN2O4. The summed E-state index contributed by atoms with van der Waals surface area (Å²) in [6.07, 6.45) is 0.101. The Kier molecular flexibility index (Phi) is 6.03. The average Bonchev–Trinajstić information content (AvgIpc) is 2.59. The molecule has 7 heteroatoms. The molecule has 6 nitrogen and oxygen atoms in total. The molecule has 0 radical (unpaired) electrons. The SMILES string of the molecule is COc1cccc(CC(=O)NNC(=O)c2cc(Cl)ccc2OC)c1. The summed E-state index contributed by atoms with van der Waals surface area (Å²) in [7, 11) is 3.00. The molecular weight excluding hydrogens is 332 g/mol. The van der Waals surface area contributed by atoms with Crippen LogP contribution >= 0.6 is 11.6 Å². The minimum atomic E-state index is -0.520. The second-order valence-electron chi connectivity index (χ2n) is 4.88. The number of hydrazine groups is 1.